The van der Waals surface area contributed by atoms with Crippen molar-refractivity contribution in [1.82, 2.24) is 5.32 Å². The Hall–Kier alpha value is -0.0900. The normalized spacial score (nSPS) is 32.7. The summed E-state index contributed by atoms with van der Waals surface area (Å²) in [7, 11) is 0. The van der Waals surface area contributed by atoms with E-state index >= 15 is 0 Å². The Bertz CT molecular complexity index is 406. The highest BCUT2D eigenvalue weighted by Gasteiger charge is 2.28. The molecule has 0 saturated heterocycles. The summed E-state index contributed by atoms with van der Waals surface area (Å²) < 4.78 is 0.908. The number of fused-ring (bicyclic) bond motifs is 1. The molecule has 0 spiro atoms. The molecule has 0 aromatic carbocycles. The van der Waals surface area contributed by atoms with Crippen LogP contribution in [0.5, 0.6) is 0 Å². The summed E-state index contributed by atoms with van der Waals surface area (Å²) in [6.45, 7) is 0. The average Bonchev–Trinajstić information content (AvgIpc) is 2.80. The molecule has 1 aromatic rings. The molecule has 4 heteroatoms. The van der Waals surface area contributed by atoms with Gasteiger partial charge < -0.3 is 10.4 Å². The van der Waals surface area contributed by atoms with Crippen LogP contribution in [0.1, 0.15) is 48.6 Å². The van der Waals surface area contributed by atoms with E-state index in [4.69, 9.17) is 11.6 Å². The van der Waals surface area contributed by atoms with Crippen LogP contribution >= 0.6 is 22.9 Å². The average molecular weight is 272 g/mol. The molecule has 17 heavy (non-hydrogen) atoms. The molecule has 2 aliphatic carbocycles. The number of hydrogen-bond acceptors (Lipinski definition) is 3. The predicted molar refractivity (Wildman–Crippen MR) is 71.8 cm³/mol. The third kappa shape index (κ3) is 2.53. The summed E-state index contributed by atoms with van der Waals surface area (Å²) in [5.74, 6) is 0. The molecule has 2 nitrogen and oxygen atoms in total. The van der Waals surface area contributed by atoms with E-state index in [0.717, 1.165) is 30.0 Å². The first-order valence-corrected chi connectivity index (χ1v) is 7.64. The molecule has 94 valence electrons. The van der Waals surface area contributed by atoms with Crippen LogP contribution in [0.15, 0.2) is 6.07 Å². The van der Waals surface area contributed by atoms with Crippen LogP contribution in [-0.4, -0.2) is 17.3 Å². The summed E-state index contributed by atoms with van der Waals surface area (Å²) in [6, 6.07) is 3.06. The number of hydrogen-bond donors (Lipinski definition) is 2. The third-order valence-electron chi connectivity index (χ3n) is 3.93. The van der Waals surface area contributed by atoms with Gasteiger partial charge >= 0.3 is 0 Å². The van der Waals surface area contributed by atoms with Crippen molar-refractivity contribution in [3.05, 3.63) is 20.8 Å². The van der Waals surface area contributed by atoms with E-state index in [2.05, 4.69) is 11.4 Å². The Kier molecular flexibility index (Phi) is 3.44. The third-order valence-corrected chi connectivity index (χ3v) is 5.27. The predicted octanol–water partition coefficient (Wildman–Crippen LogP) is 3.28. The van der Waals surface area contributed by atoms with E-state index < -0.39 is 0 Å². The first-order valence-electron chi connectivity index (χ1n) is 6.44. The highest BCUT2D eigenvalue weighted by Crippen LogP contribution is 2.40. The van der Waals surface area contributed by atoms with Crippen molar-refractivity contribution in [1.29, 1.82) is 0 Å². The van der Waals surface area contributed by atoms with Crippen LogP contribution in [0.2, 0.25) is 4.34 Å². The van der Waals surface area contributed by atoms with Crippen molar-refractivity contribution >= 4 is 22.9 Å². The summed E-state index contributed by atoms with van der Waals surface area (Å²) in [5, 5.41) is 13.4. The Balaban J connectivity index is 1.66. The fraction of sp³-hybridized carbons (Fsp3) is 0.692. The topological polar surface area (TPSA) is 32.3 Å². The van der Waals surface area contributed by atoms with Gasteiger partial charge in [0.15, 0.2) is 0 Å². The molecule has 1 fully saturated rings. The van der Waals surface area contributed by atoms with E-state index in [1.807, 2.05) is 0 Å². The van der Waals surface area contributed by atoms with E-state index in [1.54, 1.807) is 11.3 Å². The molecule has 1 aromatic heterocycles. The molecule has 1 heterocycles. The van der Waals surface area contributed by atoms with Gasteiger partial charge in [-0.2, -0.15) is 0 Å². The van der Waals surface area contributed by atoms with Crippen molar-refractivity contribution < 1.29 is 5.11 Å². The monoisotopic (exact) mass is 271 g/mol. The van der Waals surface area contributed by atoms with E-state index in [-0.39, 0.29) is 6.10 Å². The molecule has 0 amide bonds. The molecule has 3 rings (SSSR count). The molecule has 0 aliphatic heterocycles. The molecule has 1 saturated carbocycles. The molecular weight excluding hydrogens is 254 g/mol. The second kappa shape index (κ2) is 4.88. The van der Waals surface area contributed by atoms with Gasteiger partial charge in [-0.25, -0.2) is 0 Å². The minimum absolute atomic E-state index is 0.104. The van der Waals surface area contributed by atoms with Gasteiger partial charge in [-0.1, -0.05) is 11.6 Å². The standard InChI is InChI=1S/C13H18ClNOS/c14-13-7-10-11(4-5-12(10)17-13)15-8-2-1-3-9(16)6-8/h7-9,11,15-16H,1-6H2. The largest absolute Gasteiger partial charge is 0.393 e. The zero-order valence-corrected chi connectivity index (χ0v) is 11.4. The first kappa shape index (κ1) is 12.0. The summed E-state index contributed by atoms with van der Waals surface area (Å²) in [5.41, 5.74) is 1.40. The second-order valence-corrected chi connectivity index (χ2v) is 6.97. The maximum Gasteiger partial charge on any atom is 0.0934 e. The Morgan fingerprint density at radius 1 is 1.35 bits per heavy atom. The van der Waals surface area contributed by atoms with Crippen LogP contribution in [0, 0.1) is 0 Å². The SMILES string of the molecule is OC1CCCC(NC2CCc3sc(Cl)cc32)C1. The zero-order chi connectivity index (χ0) is 11.8. The number of thiophene rings is 1. The van der Waals surface area contributed by atoms with Gasteiger partial charge in [0, 0.05) is 17.0 Å². The fourth-order valence-corrected chi connectivity index (χ4v) is 4.46. The maximum absolute atomic E-state index is 9.69. The van der Waals surface area contributed by atoms with Crippen molar-refractivity contribution in [3.8, 4) is 0 Å². The number of nitrogens with one attached hydrogen (secondary N) is 1. The number of rotatable bonds is 2. The number of aryl methyl sites for hydroxylation is 1. The molecule has 3 unspecified atom stereocenters. The second-order valence-electron chi connectivity index (χ2n) is 5.20. The van der Waals surface area contributed by atoms with E-state index in [0.29, 0.717) is 12.1 Å². The summed E-state index contributed by atoms with van der Waals surface area (Å²) in [6.07, 6.45) is 6.45. The smallest absolute Gasteiger partial charge is 0.0934 e. The van der Waals surface area contributed by atoms with Crippen LogP contribution in [0.3, 0.4) is 0 Å². The summed E-state index contributed by atoms with van der Waals surface area (Å²) in [4.78, 5) is 1.45. The summed E-state index contributed by atoms with van der Waals surface area (Å²) >= 11 is 7.78. The van der Waals surface area contributed by atoms with Crippen molar-refractivity contribution in [3.63, 3.8) is 0 Å². The quantitative estimate of drug-likeness (QED) is 0.865. The lowest BCUT2D eigenvalue weighted by atomic mass is 9.92. The van der Waals surface area contributed by atoms with Crippen LogP contribution in [0.25, 0.3) is 0 Å². The lowest BCUT2D eigenvalue weighted by molar-refractivity contribution is 0.108. The fourth-order valence-electron chi connectivity index (χ4n) is 3.10. The van der Waals surface area contributed by atoms with Crippen LogP contribution in [0.4, 0.5) is 0 Å². The van der Waals surface area contributed by atoms with Crippen molar-refractivity contribution in [2.75, 3.05) is 0 Å². The lowest BCUT2D eigenvalue weighted by Gasteiger charge is -2.29. The van der Waals surface area contributed by atoms with Crippen LogP contribution < -0.4 is 5.32 Å². The van der Waals surface area contributed by atoms with Crippen molar-refractivity contribution in [2.45, 2.75) is 56.7 Å². The first-order chi connectivity index (χ1) is 8.22. The Labute approximate surface area is 111 Å². The highest BCUT2D eigenvalue weighted by molar-refractivity contribution is 7.16. The Morgan fingerprint density at radius 2 is 2.24 bits per heavy atom. The van der Waals surface area contributed by atoms with E-state index in [9.17, 15) is 5.11 Å². The van der Waals surface area contributed by atoms with Crippen LogP contribution in [-0.2, 0) is 6.42 Å². The van der Waals surface area contributed by atoms with Gasteiger partial charge in [-0.3, -0.25) is 0 Å². The van der Waals surface area contributed by atoms with Gasteiger partial charge in [-0.05, 0) is 50.2 Å². The molecule has 0 radical (unpaired) electrons. The van der Waals surface area contributed by atoms with Crippen molar-refractivity contribution in [2.24, 2.45) is 0 Å². The van der Waals surface area contributed by atoms with Gasteiger partial charge in [0.1, 0.15) is 0 Å². The molecule has 3 atom stereocenters. The van der Waals surface area contributed by atoms with Gasteiger partial charge in [-0.15, -0.1) is 11.3 Å². The number of aliphatic hydroxyl groups excluding tert-OH is 1. The van der Waals surface area contributed by atoms with Gasteiger partial charge in [0.05, 0.1) is 10.4 Å². The lowest BCUT2D eigenvalue weighted by Crippen LogP contribution is -2.37. The maximum atomic E-state index is 9.69. The highest BCUT2D eigenvalue weighted by atomic mass is 35.5. The number of aliphatic hydroxyl groups is 1. The Morgan fingerprint density at radius 3 is 3.06 bits per heavy atom. The minimum Gasteiger partial charge on any atom is -0.393 e. The van der Waals surface area contributed by atoms with Gasteiger partial charge in [0.2, 0.25) is 0 Å². The minimum atomic E-state index is -0.104. The van der Waals surface area contributed by atoms with E-state index in [1.165, 1.54) is 23.3 Å². The number of halogens is 1. The zero-order valence-electron chi connectivity index (χ0n) is 9.79. The molecule has 2 N–H and O–H groups in total. The molecule has 0 bridgehead atoms. The molecule has 2 aliphatic rings. The van der Waals surface area contributed by atoms with Gasteiger partial charge in [0.25, 0.3) is 0 Å². The molecular formula is C13H18ClNOS.